The van der Waals surface area contributed by atoms with Gasteiger partial charge in [-0.2, -0.15) is 5.10 Å². The summed E-state index contributed by atoms with van der Waals surface area (Å²) in [6.07, 6.45) is 11.0. The molecule has 2 heterocycles. The van der Waals surface area contributed by atoms with Crippen LogP contribution in [-0.4, -0.2) is 80.2 Å². The first-order chi connectivity index (χ1) is 21.4. The molecule has 0 saturated heterocycles. The highest BCUT2D eigenvalue weighted by Crippen LogP contribution is 2.33. The summed E-state index contributed by atoms with van der Waals surface area (Å²) in [7, 11) is 6.36. The summed E-state index contributed by atoms with van der Waals surface area (Å²) in [5, 5.41) is 19.9. The van der Waals surface area contributed by atoms with Gasteiger partial charge in [0.25, 0.3) is 0 Å². The van der Waals surface area contributed by atoms with Gasteiger partial charge in [0.2, 0.25) is 0 Å². The van der Waals surface area contributed by atoms with Crippen LogP contribution in [0.4, 0.5) is 4.79 Å². The Balaban J connectivity index is 2.86. The fourth-order valence-electron chi connectivity index (χ4n) is 5.09. The number of amidine groups is 1. The lowest BCUT2D eigenvalue weighted by Gasteiger charge is -2.45. The largest absolute Gasteiger partial charge is 0.451 e. The minimum absolute atomic E-state index is 0.339. The van der Waals surface area contributed by atoms with Gasteiger partial charge in [-0.05, 0) is 63.8 Å². The number of hydrogen-bond acceptors (Lipinski definition) is 9. The number of aromatic nitrogens is 1. The van der Waals surface area contributed by atoms with E-state index in [2.05, 4.69) is 63.1 Å². The highest BCUT2D eigenvalue weighted by Gasteiger charge is 2.46. The van der Waals surface area contributed by atoms with E-state index < -0.39 is 11.6 Å². The first kappa shape index (κ1) is 36.4. The van der Waals surface area contributed by atoms with Crippen LogP contribution in [0.1, 0.15) is 44.0 Å². The van der Waals surface area contributed by atoms with Crippen LogP contribution >= 0.6 is 0 Å². The minimum atomic E-state index is -1.14. The molecule has 2 rings (SSSR count). The predicted octanol–water partition coefficient (Wildman–Crippen LogP) is 4.78. The monoisotopic (exact) mass is 615 g/mol. The summed E-state index contributed by atoms with van der Waals surface area (Å²) in [5.41, 5.74) is 6.01. The summed E-state index contributed by atoms with van der Waals surface area (Å²) in [4.78, 5) is 26.3. The fourth-order valence-corrected chi connectivity index (χ4v) is 5.09. The molecule has 2 atom stereocenters. The van der Waals surface area contributed by atoms with Crippen LogP contribution < -0.4 is 21.3 Å². The maximum Gasteiger partial charge on any atom is 0.429 e. The molecule has 0 saturated carbocycles. The first-order valence-electron chi connectivity index (χ1n) is 14.8. The fraction of sp³-hybridized carbons (Fsp3) is 0.382. The number of aryl methyl sites for hydroxylation is 2. The minimum Gasteiger partial charge on any atom is -0.451 e. The number of carbonyl (C=O) groups excluding carboxylic acids is 1. The number of amides is 1. The summed E-state index contributed by atoms with van der Waals surface area (Å²) in [5.74, 6) is 0.678. The Labute approximate surface area is 268 Å². The van der Waals surface area contributed by atoms with E-state index in [9.17, 15) is 4.79 Å². The van der Waals surface area contributed by atoms with Crippen LogP contribution in [0.25, 0.3) is 5.70 Å². The van der Waals surface area contributed by atoms with Gasteiger partial charge in [0.05, 0.1) is 30.3 Å². The molecule has 0 radical (unpaired) electrons. The van der Waals surface area contributed by atoms with E-state index in [0.29, 0.717) is 30.2 Å². The van der Waals surface area contributed by atoms with Crippen molar-refractivity contribution in [2.24, 2.45) is 15.1 Å². The summed E-state index contributed by atoms with van der Waals surface area (Å²) < 4.78 is 4.94. The Kier molecular flexibility index (Phi) is 13.7. The van der Waals surface area contributed by atoms with Gasteiger partial charge in [0.1, 0.15) is 11.4 Å². The van der Waals surface area contributed by atoms with Crippen LogP contribution in [0.2, 0.25) is 0 Å². The van der Waals surface area contributed by atoms with Crippen molar-refractivity contribution in [2.75, 3.05) is 34.8 Å². The van der Waals surface area contributed by atoms with Crippen LogP contribution in [0.3, 0.4) is 0 Å². The van der Waals surface area contributed by atoms with Gasteiger partial charge in [-0.15, -0.1) is 0 Å². The van der Waals surface area contributed by atoms with Crippen molar-refractivity contribution in [3.05, 3.63) is 95.8 Å². The number of allylic oxidation sites excluding steroid dienone is 3. The number of rotatable bonds is 13. The Bertz CT molecular complexity index is 1470. The van der Waals surface area contributed by atoms with Gasteiger partial charge < -0.3 is 20.7 Å². The Hall–Kier alpha value is -4.77. The Morgan fingerprint density at radius 1 is 1.29 bits per heavy atom. The van der Waals surface area contributed by atoms with Crippen molar-refractivity contribution in [1.29, 1.82) is 0 Å². The van der Waals surface area contributed by atoms with E-state index in [1.165, 1.54) is 7.11 Å². The third-order valence-electron chi connectivity index (χ3n) is 7.28. The lowest BCUT2D eigenvalue weighted by molar-refractivity contribution is 0.134. The third-order valence-corrected chi connectivity index (χ3v) is 7.28. The molecule has 1 amide bonds. The quantitative estimate of drug-likeness (QED) is 0.109. The summed E-state index contributed by atoms with van der Waals surface area (Å²) in [6, 6.07) is 1.73. The van der Waals surface area contributed by atoms with E-state index in [0.717, 1.165) is 44.4 Å². The van der Waals surface area contributed by atoms with Gasteiger partial charge in [0, 0.05) is 63.3 Å². The standard InChI is InChI=1S/C34H49N9O2/c1-13-23(5)28(14-2)40-30-17-16-29(32(37-15-3)39-25(7)31-24(6)18-22(4)19-38-31)41-34(30,27(20-35-9)21-36-10)26(8)42-43(11)33(44)45-12/h13-14,17-21,29,35,40-41H,1-2,7,15-16H2,3-6,8-12H3,(H,37,39)/b27-20+,28-23+,36-21?,42-26+/t29-,34?/m1/s1. The van der Waals surface area contributed by atoms with Crippen molar-refractivity contribution in [3.63, 3.8) is 0 Å². The number of carbonyl (C=O) groups is 1. The molecular weight excluding hydrogens is 566 g/mol. The number of ether oxygens (including phenoxy) is 1. The molecular formula is C34H49N9O2. The second-order valence-corrected chi connectivity index (χ2v) is 10.5. The number of methoxy groups -OCH3 is 1. The number of pyridine rings is 1. The second kappa shape index (κ2) is 16.9. The maximum atomic E-state index is 12.5. The molecule has 11 nitrogen and oxygen atoms in total. The van der Waals surface area contributed by atoms with Gasteiger partial charge in [-0.1, -0.05) is 38.0 Å². The number of hydrogen-bond donors (Lipinski definition) is 4. The van der Waals surface area contributed by atoms with Crippen LogP contribution in [0.5, 0.6) is 0 Å². The lowest BCUT2D eigenvalue weighted by atomic mass is 9.78. The molecule has 0 spiro atoms. The maximum absolute atomic E-state index is 12.5. The first-order valence-corrected chi connectivity index (χ1v) is 14.8. The van der Waals surface area contributed by atoms with E-state index in [4.69, 9.17) is 14.8 Å². The van der Waals surface area contributed by atoms with E-state index in [-0.39, 0.29) is 6.04 Å². The van der Waals surface area contributed by atoms with Crippen molar-refractivity contribution in [3.8, 4) is 0 Å². The van der Waals surface area contributed by atoms with E-state index in [1.807, 2.05) is 54.1 Å². The van der Waals surface area contributed by atoms with Gasteiger partial charge in [-0.25, -0.2) is 9.80 Å². The normalized spacial score (nSPS) is 19.7. The zero-order chi connectivity index (χ0) is 33.7. The van der Waals surface area contributed by atoms with Crippen molar-refractivity contribution in [2.45, 2.75) is 52.6 Å². The molecule has 1 aliphatic rings. The Morgan fingerprint density at radius 3 is 2.56 bits per heavy atom. The van der Waals surface area contributed by atoms with E-state index >= 15 is 0 Å². The van der Waals surface area contributed by atoms with Crippen LogP contribution in [-0.2, 0) is 4.74 Å². The zero-order valence-electron chi connectivity index (χ0n) is 28.2. The van der Waals surface area contributed by atoms with Crippen LogP contribution in [0, 0.1) is 13.8 Å². The molecule has 0 fully saturated rings. The van der Waals surface area contributed by atoms with Crippen LogP contribution in [0.15, 0.2) is 94.1 Å². The van der Waals surface area contributed by atoms with Crippen molar-refractivity contribution in [1.82, 2.24) is 31.3 Å². The zero-order valence-corrected chi connectivity index (χ0v) is 28.2. The average molecular weight is 616 g/mol. The average Bonchev–Trinajstić information content (AvgIpc) is 3.02. The molecule has 242 valence electrons. The van der Waals surface area contributed by atoms with Gasteiger partial charge in [0.15, 0.2) is 0 Å². The topological polar surface area (TPSA) is 128 Å². The van der Waals surface area contributed by atoms with E-state index in [1.54, 1.807) is 32.5 Å². The molecule has 1 aliphatic heterocycles. The van der Waals surface area contributed by atoms with Gasteiger partial charge in [-0.3, -0.25) is 20.3 Å². The Morgan fingerprint density at radius 2 is 2.00 bits per heavy atom. The third kappa shape index (κ3) is 8.66. The number of nitrogens with one attached hydrogen (secondary N) is 4. The predicted molar refractivity (Wildman–Crippen MR) is 187 cm³/mol. The molecule has 1 unspecified atom stereocenters. The highest BCUT2D eigenvalue weighted by molar-refractivity contribution is 6.06. The molecule has 1 aromatic rings. The lowest BCUT2D eigenvalue weighted by Crippen LogP contribution is -2.65. The van der Waals surface area contributed by atoms with Crippen molar-refractivity contribution < 1.29 is 9.53 Å². The highest BCUT2D eigenvalue weighted by atomic mass is 16.5. The van der Waals surface area contributed by atoms with Crippen molar-refractivity contribution >= 4 is 29.6 Å². The summed E-state index contributed by atoms with van der Waals surface area (Å²) >= 11 is 0. The molecule has 0 bridgehead atoms. The molecule has 0 aromatic carbocycles. The molecule has 45 heavy (non-hydrogen) atoms. The molecule has 1 aromatic heterocycles. The number of aliphatic imine (C=N–C) groups is 2. The molecule has 4 N–H and O–H groups in total. The number of hydrazone groups is 1. The SMILES string of the molecule is C=C/C(C)=C(\C=C)NC1=CC[C@H](C(=NCC)NC(=C)c2ncc(C)cc2C)NC1(/C(C=NC)=C/NC)/C(C)=N/N(C)C(=O)OC. The number of nitrogens with zero attached hydrogens (tertiary/aromatic N) is 5. The molecule has 0 aliphatic carbocycles. The summed E-state index contributed by atoms with van der Waals surface area (Å²) in [6.45, 7) is 22.6. The second-order valence-electron chi connectivity index (χ2n) is 10.5. The van der Waals surface area contributed by atoms with Gasteiger partial charge >= 0.3 is 6.09 Å². The smallest absolute Gasteiger partial charge is 0.429 e. The molecule has 11 heteroatoms.